The van der Waals surface area contributed by atoms with E-state index in [0.717, 1.165) is 9.36 Å². The van der Waals surface area contributed by atoms with Gasteiger partial charge in [-0.1, -0.05) is 18.2 Å². The van der Waals surface area contributed by atoms with Gasteiger partial charge in [-0.3, -0.25) is 9.69 Å². The molecule has 0 radical (unpaired) electrons. The highest BCUT2D eigenvalue weighted by Crippen LogP contribution is 2.22. The topological polar surface area (TPSA) is 113 Å². The Hall–Kier alpha value is -4.19. The van der Waals surface area contributed by atoms with Gasteiger partial charge in [0.1, 0.15) is 6.54 Å². The number of amides is 2. The van der Waals surface area contributed by atoms with E-state index in [1.807, 2.05) is 24.3 Å². The molecule has 0 saturated heterocycles. The van der Waals surface area contributed by atoms with E-state index in [0.29, 0.717) is 16.9 Å². The molecule has 1 aliphatic rings. The van der Waals surface area contributed by atoms with Crippen molar-refractivity contribution in [1.29, 1.82) is 5.26 Å². The lowest BCUT2D eigenvalue weighted by atomic mass is 10.2. The second-order valence-corrected chi connectivity index (χ2v) is 6.12. The Labute approximate surface area is 159 Å². The minimum absolute atomic E-state index is 0.155. The Balaban J connectivity index is 1.54. The molecule has 0 aliphatic carbocycles. The predicted molar refractivity (Wildman–Crippen MR) is 99.7 cm³/mol. The first kappa shape index (κ1) is 17.2. The van der Waals surface area contributed by atoms with Crippen molar-refractivity contribution in [3.05, 3.63) is 76.5 Å². The largest absolute Gasteiger partial charge is 0.365 e. The van der Waals surface area contributed by atoms with Crippen molar-refractivity contribution in [1.82, 2.24) is 14.3 Å². The zero-order valence-electron chi connectivity index (χ0n) is 14.6. The van der Waals surface area contributed by atoms with E-state index >= 15 is 0 Å². The van der Waals surface area contributed by atoms with Crippen LogP contribution in [0.4, 0.5) is 16.2 Å². The van der Waals surface area contributed by atoms with Crippen molar-refractivity contribution in [3.8, 4) is 6.07 Å². The van der Waals surface area contributed by atoms with Gasteiger partial charge in [0.25, 0.3) is 0 Å². The summed E-state index contributed by atoms with van der Waals surface area (Å²) in [5.74, 6) is -0.203. The second-order valence-electron chi connectivity index (χ2n) is 6.12. The van der Waals surface area contributed by atoms with Crippen LogP contribution in [0.25, 0.3) is 0 Å². The summed E-state index contributed by atoms with van der Waals surface area (Å²) in [5, 5.41) is 11.4. The van der Waals surface area contributed by atoms with E-state index in [4.69, 9.17) is 5.26 Å². The lowest BCUT2D eigenvalue weighted by Gasteiger charge is -2.15. The predicted octanol–water partition coefficient (Wildman–Crippen LogP) is 1.54. The van der Waals surface area contributed by atoms with Gasteiger partial charge in [0, 0.05) is 11.4 Å². The molecule has 2 aromatic carbocycles. The summed E-state index contributed by atoms with van der Waals surface area (Å²) in [5.41, 5.74) is 0.968. The normalized spacial score (nSPS) is 12.5. The van der Waals surface area contributed by atoms with Crippen LogP contribution in [0.3, 0.4) is 0 Å². The number of carbonyl (C=O) groups excluding carboxylic acids is 2. The molecule has 3 aromatic rings. The number of benzene rings is 2. The van der Waals surface area contributed by atoms with Crippen LogP contribution < -0.4 is 15.9 Å². The lowest BCUT2D eigenvalue weighted by Crippen LogP contribution is -2.36. The van der Waals surface area contributed by atoms with Crippen molar-refractivity contribution in [3.63, 3.8) is 0 Å². The molecule has 9 nitrogen and oxygen atoms in total. The van der Waals surface area contributed by atoms with Crippen molar-refractivity contribution in [2.24, 2.45) is 0 Å². The van der Waals surface area contributed by atoms with E-state index < -0.39 is 17.6 Å². The monoisotopic (exact) mass is 374 g/mol. The summed E-state index contributed by atoms with van der Waals surface area (Å²) in [4.78, 5) is 42.6. The number of hydrogen-bond donors (Lipinski definition) is 1. The van der Waals surface area contributed by atoms with Crippen LogP contribution in [0.1, 0.15) is 11.4 Å². The number of anilines is 2. The summed E-state index contributed by atoms with van der Waals surface area (Å²) in [7, 11) is 0. The maximum absolute atomic E-state index is 12.8. The van der Waals surface area contributed by atoms with Crippen molar-refractivity contribution >= 4 is 23.3 Å². The SMILES string of the molecule is N#Cc1ccc(NC(=O)Cn2c(=O)nc3n2C(=O)N(c2ccccc2)C3)cc1. The minimum atomic E-state index is -0.661. The molecular formula is C19H14N6O3. The van der Waals surface area contributed by atoms with Crippen molar-refractivity contribution in [2.75, 3.05) is 10.2 Å². The van der Waals surface area contributed by atoms with Gasteiger partial charge in [0.15, 0.2) is 5.82 Å². The molecule has 1 N–H and O–H groups in total. The van der Waals surface area contributed by atoms with E-state index in [9.17, 15) is 14.4 Å². The summed E-state index contributed by atoms with van der Waals surface area (Å²) in [6.07, 6.45) is 0. The van der Waals surface area contributed by atoms with Crippen molar-refractivity contribution in [2.45, 2.75) is 13.1 Å². The fraction of sp³-hybridized carbons (Fsp3) is 0.105. The number of aromatic nitrogens is 3. The highest BCUT2D eigenvalue weighted by Gasteiger charge is 2.33. The smallest absolute Gasteiger partial charge is 0.324 e. The molecule has 0 atom stereocenters. The molecule has 4 rings (SSSR count). The number of nitrogens with zero attached hydrogens (tertiary/aromatic N) is 5. The van der Waals surface area contributed by atoms with Crippen LogP contribution in [0.5, 0.6) is 0 Å². The number of nitriles is 1. The van der Waals surface area contributed by atoms with E-state index in [-0.39, 0.29) is 18.9 Å². The third kappa shape index (κ3) is 3.03. The van der Waals surface area contributed by atoms with Gasteiger partial charge in [-0.05, 0) is 36.4 Å². The molecule has 0 bridgehead atoms. The number of rotatable bonds is 4. The quantitative estimate of drug-likeness (QED) is 0.744. The molecule has 28 heavy (non-hydrogen) atoms. The van der Waals surface area contributed by atoms with Gasteiger partial charge in [-0.2, -0.15) is 14.9 Å². The summed E-state index contributed by atoms with van der Waals surface area (Å²) >= 11 is 0. The molecule has 0 unspecified atom stereocenters. The molecule has 2 amide bonds. The molecule has 9 heteroatoms. The van der Waals surface area contributed by atoms with Crippen LogP contribution in [0.2, 0.25) is 0 Å². The fourth-order valence-electron chi connectivity index (χ4n) is 2.99. The van der Waals surface area contributed by atoms with E-state index in [1.54, 1.807) is 36.4 Å². The van der Waals surface area contributed by atoms with Crippen LogP contribution in [-0.4, -0.2) is 26.3 Å². The molecule has 0 saturated carbocycles. The Bertz CT molecular complexity index is 1160. The number of fused-ring (bicyclic) bond motifs is 1. The maximum atomic E-state index is 12.8. The molecule has 2 heterocycles. The van der Waals surface area contributed by atoms with Gasteiger partial charge < -0.3 is 5.32 Å². The fourth-order valence-corrected chi connectivity index (χ4v) is 2.99. The molecule has 0 fully saturated rings. The number of nitrogens with one attached hydrogen (secondary N) is 1. The Morgan fingerprint density at radius 2 is 1.82 bits per heavy atom. The zero-order chi connectivity index (χ0) is 19.7. The van der Waals surface area contributed by atoms with Gasteiger partial charge in [0.05, 0.1) is 18.2 Å². The second kappa shape index (κ2) is 6.85. The number of carbonyl (C=O) groups is 2. The minimum Gasteiger partial charge on any atom is -0.324 e. The van der Waals surface area contributed by atoms with E-state index in [2.05, 4.69) is 10.3 Å². The summed E-state index contributed by atoms with van der Waals surface area (Å²) in [6.45, 7) is -0.206. The summed E-state index contributed by atoms with van der Waals surface area (Å²) < 4.78 is 2.15. The van der Waals surface area contributed by atoms with Crippen LogP contribution in [0, 0.1) is 11.3 Å². The molecule has 138 valence electrons. The lowest BCUT2D eigenvalue weighted by molar-refractivity contribution is -0.117. The number of para-hydroxylation sites is 1. The molecule has 1 aromatic heterocycles. The Kier molecular flexibility index (Phi) is 4.21. The van der Waals surface area contributed by atoms with Gasteiger partial charge in [-0.15, -0.1) is 0 Å². The van der Waals surface area contributed by atoms with Crippen LogP contribution in [-0.2, 0) is 17.9 Å². The zero-order valence-corrected chi connectivity index (χ0v) is 14.6. The molecular weight excluding hydrogens is 360 g/mol. The van der Waals surface area contributed by atoms with Crippen LogP contribution >= 0.6 is 0 Å². The first-order valence-electron chi connectivity index (χ1n) is 8.42. The Morgan fingerprint density at radius 3 is 2.50 bits per heavy atom. The third-order valence-electron chi connectivity index (χ3n) is 4.30. The average molecular weight is 374 g/mol. The van der Waals surface area contributed by atoms with Crippen LogP contribution in [0.15, 0.2) is 59.4 Å². The average Bonchev–Trinajstić information content (AvgIpc) is 3.19. The Morgan fingerprint density at radius 1 is 1.11 bits per heavy atom. The first-order valence-corrected chi connectivity index (χ1v) is 8.42. The number of hydrogen-bond acceptors (Lipinski definition) is 5. The van der Waals surface area contributed by atoms with Gasteiger partial charge in [0.2, 0.25) is 5.91 Å². The highest BCUT2D eigenvalue weighted by molar-refractivity contribution is 5.96. The summed E-state index contributed by atoms with van der Waals surface area (Å²) in [6, 6.07) is 16.9. The highest BCUT2D eigenvalue weighted by atomic mass is 16.2. The van der Waals surface area contributed by atoms with E-state index in [1.165, 1.54) is 4.90 Å². The standard InChI is InChI=1S/C19H14N6O3/c20-10-13-6-8-14(9-7-13)21-17(26)12-24-18(27)22-16-11-23(19(28)25(16)24)15-4-2-1-3-5-15/h1-9H,11-12H2,(H,21,26). The van der Waals surface area contributed by atoms with Crippen molar-refractivity contribution < 1.29 is 9.59 Å². The molecule has 1 aliphatic heterocycles. The third-order valence-corrected chi connectivity index (χ3v) is 4.30. The van der Waals surface area contributed by atoms with Gasteiger partial charge in [-0.25, -0.2) is 14.3 Å². The first-order chi connectivity index (χ1) is 13.6. The maximum Gasteiger partial charge on any atom is 0.365 e. The molecule has 0 spiro atoms. The van der Waals surface area contributed by atoms with Gasteiger partial charge >= 0.3 is 11.7 Å².